The maximum atomic E-state index is 13.0. The Hall–Kier alpha value is -3.37. The predicted molar refractivity (Wildman–Crippen MR) is 131 cm³/mol. The van der Waals surface area contributed by atoms with Gasteiger partial charge < -0.3 is 9.84 Å². The van der Waals surface area contributed by atoms with Gasteiger partial charge in [0.25, 0.3) is 10.0 Å². The van der Waals surface area contributed by atoms with Crippen LogP contribution in [0.2, 0.25) is 0 Å². The van der Waals surface area contributed by atoms with Crippen LogP contribution in [-0.4, -0.2) is 30.0 Å². The molecule has 8 nitrogen and oxygen atoms in total. The molecule has 5 rings (SSSR count). The van der Waals surface area contributed by atoms with Gasteiger partial charge in [-0.2, -0.15) is 0 Å². The van der Waals surface area contributed by atoms with Gasteiger partial charge in [-0.15, -0.1) is 0 Å². The highest BCUT2D eigenvalue weighted by Gasteiger charge is 2.32. The smallest absolute Gasteiger partial charge is 0.263 e. The molecule has 0 fully saturated rings. The van der Waals surface area contributed by atoms with Gasteiger partial charge in [-0.25, -0.2) is 23.4 Å². The van der Waals surface area contributed by atoms with Crippen LogP contribution in [-0.2, 0) is 14.8 Å². The molecule has 0 bridgehead atoms. The standard InChI is InChI=1S/C24H22N4O4S2/c1-2-32-24(29)20-16-11-8-14-19(16)33-23(20)27-21-22(26-18-13-7-6-12-17(18)25-21)28-34(30,31)15-9-4-3-5-10-15/h3-7,9-10,12-13,29H,2,8,11,14H2,1H3,(H,26,28)/p-1. The van der Waals surface area contributed by atoms with Gasteiger partial charge in [0.15, 0.2) is 11.6 Å². The second-order valence-corrected chi connectivity index (χ2v) is 10.4. The number of nitrogens with one attached hydrogen (secondary N) is 1. The van der Waals surface area contributed by atoms with Crippen LogP contribution in [0.5, 0.6) is 0 Å². The molecule has 1 aromatic heterocycles. The third-order valence-corrected chi connectivity index (χ3v) is 7.97. The van der Waals surface area contributed by atoms with Gasteiger partial charge in [-0.05, 0) is 60.6 Å². The van der Waals surface area contributed by atoms with Gasteiger partial charge in [0.2, 0.25) is 0 Å². The first-order valence-corrected chi connectivity index (χ1v) is 13.1. The van der Waals surface area contributed by atoms with Crippen molar-refractivity contribution in [3.8, 4) is 0 Å². The molecule has 1 aliphatic heterocycles. The molecule has 10 heteroatoms. The summed E-state index contributed by atoms with van der Waals surface area (Å²) < 4.78 is 33.9. The van der Waals surface area contributed by atoms with Crippen molar-refractivity contribution in [3.05, 3.63) is 76.6 Å². The number of sulfonamides is 1. The highest BCUT2D eigenvalue weighted by molar-refractivity contribution is 8.18. The van der Waals surface area contributed by atoms with Crippen molar-refractivity contribution in [2.75, 3.05) is 11.3 Å². The minimum Gasteiger partial charge on any atom is -0.613 e. The monoisotopic (exact) mass is 493 g/mol. The molecule has 0 spiro atoms. The highest BCUT2D eigenvalue weighted by Crippen LogP contribution is 2.48. The van der Waals surface area contributed by atoms with E-state index in [9.17, 15) is 13.5 Å². The largest absolute Gasteiger partial charge is 0.613 e. The van der Waals surface area contributed by atoms with Gasteiger partial charge in [-0.1, -0.05) is 49.0 Å². The van der Waals surface area contributed by atoms with E-state index in [1.807, 2.05) is 6.07 Å². The number of para-hydroxylation sites is 2. The second kappa shape index (κ2) is 9.11. The normalized spacial score (nSPS) is 18.4. The molecule has 3 aromatic rings. The fourth-order valence-electron chi connectivity index (χ4n) is 3.90. The molecule has 0 saturated heterocycles. The van der Waals surface area contributed by atoms with Gasteiger partial charge in [0.1, 0.15) is 5.04 Å². The van der Waals surface area contributed by atoms with E-state index in [0.29, 0.717) is 21.7 Å². The number of hydrogen-bond donors (Lipinski definition) is 1. The summed E-state index contributed by atoms with van der Waals surface area (Å²) in [5.41, 5.74) is 2.48. The van der Waals surface area contributed by atoms with Gasteiger partial charge >= 0.3 is 0 Å². The molecule has 2 aliphatic rings. The third-order valence-electron chi connectivity index (χ3n) is 5.43. The van der Waals surface area contributed by atoms with E-state index < -0.39 is 16.0 Å². The van der Waals surface area contributed by atoms with Crippen molar-refractivity contribution in [1.82, 2.24) is 9.97 Å². The van der Waals surface area contributed by atoms with Crippen LogP contribution in [0.1, 0.15) is 26.2 Å². The number of anilines is 1. The van der Waals surface area contributed by atoms with E-state index in [0.717, 1.165) is 29.7 Å². The van der Waals surface area contributed by atoms with E-state index in [-0.39, 0.29) is 23.1 Å². The van der Waals surface area contributed by atoms with Crippen molar-refractivity contribution in [2.45, 2.75) is 31.1 Å². The number of ether oxygens (including phenoxy) is 1. The van der Waals surface area contributed by atoms with Crippen LogP contribution in [0.15, 0.2) is 86.5 Å². The summed E-state index contributed by atoms with van der Waals surface area (Å²) in [4.78, 5) is 14.9. The Bertz CT molecular complexity index is 1460. The SMILES string of the molecule is CCOC([O-])=C1C(=Nc2nc3ccccc3nc2NS(=O)(=O)c2ccccc2)SC2=C1CCC2. The van der Waals surface area contributed by atoms with Crippen molar-refractivity contribution in [1.29, 1.82) is 0 Å². The molecule has 0 saturated carbocycles. The average molecular weight is 494 g/mol. The van der Waals surface area contributed by atoms with Crippen molar-refractivity contribution in [3.63, 3.8) is 0 Å². The quantitative estimate of drug-likeness (QED) is 0.510. The summed E-state index contributed by atoms with van der Waals surface area (Å²) >= 11 is 1.41. The Balaban J connectivity index is 1.63. The van der Waals surface area contributed by atoms with Crippen LogP contribution in [0.4, 0.5) is 11.6 Å². The lowest BCUT2D eigenvalue weighted by atomic mass is 10.1. The number of rotatable bonds is 6. The maximum absolute atomic E-state index is 13.0. The molecule has 2 heterocycles. The number of hydrogen-bond acceptors (Lipinski definition) is 8. The van der Waals surface area contributed by atoms with Crippen LogP contribution < -0.4 is 9.83 Å². The number of nitrogens with zero attached hydrogens (tertiary/aromatic N) is 3. The zero-order valence-electron chi connectivity index (χ0n) is 18.3. The second-order valence-electron chi connectivity index (χ2n) is 7.67. The predicted octanol–water partition coefficient (Wildman–Crippen LogP) is 4.25. The molecule has 0 unspecified atom stereocenters. The van der Waals surface area contributed by atoms with Gasteiger partial charge in [0, 0.05) is 5.57 Å². The average Bonchev–Trinajstić information content (AvgIpc) is 3.41. The fourth-order valence-corrected chi connectivity index (χ4v) is 6.17. The Kier molecular flexibility index (Phi) is 6.01. The van der Waals surface area contributed by atoms with Crippen LogP contribution in [0.25, 0.3) is 11.0 Å². The summed E-state index contributed by atoms with van der Waals surface area (Å²) in [6.07, 6.45) is 2.64. The molecule has 0 amide bonds. The molecule has 174 valence electrons. The maximum Gasteiger partial charge on any atom is 0.263 e. The summed E-state index contributed by atoms with van der Waals surface area (Å²) in [6, 6.07) is 15.2. The summed E-state index contributed by atoms with van der Waals surface area (Å²) in [7, 11) is -3.93. The highest BCUT2D eigenvalue weighted by atomic mass is 32.2. The Morgan fingerprint density at radius 1 is 1.09 bits per heavy atom. The van der Waals surface area contributed by atoms with E-state index in [2.05, 4.69) is 19.7 Å². The minimum atomic E-state index is -3.93. The lowest BCUT2D eigenvalue weighted by Gasteiger charge is -2.18. The van der Waals surface area contributed by atoms with Crippen molar-refractivity contribution < 1.29 is 18.3 Å². The van der Waals surface area contributed by atoms with E-state index >= 15 is 0 Å². The van der Waals surface area contributed by atoms with Crippen LogP contribution in [0, 0.1) is 0 Å². The minimum absolute atomic E-state index is 0.00841. The van der Waals surface area contributed by atoms with Gasteiger partial charge in [0.05, 0.1) is 21.9 Å². The summed E-state index contributed by atoms with van der Waals surface area (Å²) in [5.74, 6) is -0.351. The molecule has 34 heavy (non-hydrogen) atoms. The number of thioether (sulfide) groups is 1. The molecular formula is C24H21N4O4S2-. The number of allylic oxidation sites excluding steroid dienone is 2. The number of benzene rings is 2. The van der Waals surface area contributed by atoms with Crippen molar-refractivity contribution >= 4 is 49.5 Å². The van der Waals surface area contributed by atoms with Gasteiger partial charge in [-0.3, -0.25) is 4.72 Å². The topological polar surface area (TPSA) is 117 Å². The van der Waals surface area contributed by atoms with Crippen molar-refractivity contribution in [2.24, 2.45) is 4.99 Å². The number of fused-ring (bicyclic) bond motifs is 1. The Labute approximate surface area is 201 Å². The first-order valence-electron chi connectivity index (χ1n) is 10.8. The Morgan fingerprint density at radius 2 is 1.79 bits per heavy atom. The van der Waals surface area contributed by atoms with E-state index in [1.165, 1.54) is 23.9 Å². The summed E-state index contributed by atoms with van der Waals surface area (Å²) in [5, 5.41) is 13.2. The zero-order valence-corrected chi connectivity index (χ0v) is 19.9. The molecular weight excluding hydrogens is 472 g/mol. The zero-order chi connectivity index (χ0) is 23.7. The number of aromatic nitrogens is 2. The molecule has 0 atom stereocenters. The van der Waals surface area contributed by atoms with E-state index in [1.54, 1.807) is 43.3 Å². The lowest BCUT2D eigenvalue weighted by molar-refractivity contribution is -0.357. The van der Waals surface area contributed by atoms with Crippen LogP contribution in [0.3, 0.4) is 0 Å². The summed E-state index contributed by atoms with van der Waals surface area (Å²) in [6.45, 7) is 2.01. The third kappa shape index (κ3) is 4.26. The molecule has 0 radical (unpaired) electrons. The molecule has 1 N–H and O–H groups in total. The van der Waals surface area contributed by atoms with E-state index in [4.69, 9.17) is 4.74 Å². The molecule has 2 aromatic carbocycles. The first kappa shape index (κ1) is 22.4. The first-order chi connectivity index (χ1) is 16.5. The van der Waals surface area contributed by atoms with Crippen LogP contribution >= 0.6 is 11.8 Å². The lowest BCUT2D eigenvalue weighted by Crippen LogP contribution is -2.16. The number of aliphatic imine (C=N–C) groups is 1. The Morgan fingerprint density at radius 3 is 2.53 bits per heavy atom. The fraction of sp³-hybridized carbons (Fsp3) is 0.208. The molecule has 1 aliphatic carbocycles.